The molecule has 0 radical (unpaired) electrons. The minimum atomic E-state index is -0.270. The van der Waals surface area contributed by atoms with Crippen LogP contribution >= 0.6 is 0 Å². The third kappa shape index (κ3) is 4.57. The number of urea groups is 1. The number of pyridine rings is 2. The molecule has 6 heteroatoms. The lowest BCUT2D eigenvalue weighted by molar-refractivity contribution is 0.251. The van der Waals surface area contributed by atoms with Crippen molar-refractivity contribution in [3.63, 3.8) is 0 Å². The Balaban J connectivity index is 1.55. The fraction of sp³-hybridized carbons (Fsp3) is 0.150. The Morgan fingerprint density at radius 2 is 1.85 bits per heavy atom. The summed E-state index contributed by atoms with van der Waals surface area (Å²) in [4.78, 5) is 20.3. The predicted molar refractivity (Wildman–Crippen MR) is 101 cm³/mol. The molecule has 0 saturated heterocycles. The van der Waals surface area contributed by atoms with Crippen molar-refractivity contribution >= 4 is 11.7 Å². The van der Waals surface area contributed by atoms with E-state index in [0.29, 0.717) is 12.4 Å². The van der Waals surface area contributed by atoms with E-state index in [4.69, 9.17) is 4.74 Å². The van der Waals surface area contributed by atoms with Gasteiger partial charge < -0.3 is 15.4 Å². The molecule has 2 N–H and O–H groups in total. The summed E-state index contributed by atoms with van der Waals surface area (Å²) in [5.41, 5.74) is 4.76. The van der Waals surface area contributed by atoms with E-state index < -0.39 is 0 Å². The average molecular weight is 348 g/mol. The number of hydrogen-bond acceptors (Lipinski definition) is 4. The maximum absolute atomic E-state index is 12.0. The van der Waals surface area contributed by atoms with E-state index >= 15 is 0 Å². The summed E-state index contributed by atoms with van der Waals surface area (Å²) in [6.45, 7) is 2.35. The number of nitrogens with zero attached hydrogens (tertiary/aromatic N) is 2. The molecule has 0 fully saturated rings. The zero-order valence-corrected chi connectivity index (χ0v) is 14.7. The summed E-state index contributed by atoms with van der Waals surface area (Å²) in [5.74, 6) is 0.544. The van der Waals surface area contributed by atoms with Crippen molar-refractivity contribution in [2.24, 2.45) is 0 Å². The number of nitrogens with one attached hydrogen (secondary N) is 2. The van der Waals surface area contributed by atoms with Crippen molar-refractivity contribution in [3.05, 3.63) is 72.2 Å². The van der Waals surface area contributed by atoms with E-state index in [1.54, 1.807) is 25.6 Å². The Kier molecular flexibility index (Phi) is 5.43. The van der Waals surface area contributed by atoms with Gasteiger partial charge in [-0.25, -0.2) is 9.78 Å². The second-order valence-corrected chi connectivity index (χ2v) is 5.78. The lowest BCUT2D eigenvalue weighted by Crippen LogP contribution is -2.28. The van der Waals surface area contributed by atoms with Gasteiger partial charge in [-0.2, -0.15) is 0 Å². The highest BCUT2D eigenvalue weighted by atomic mass is 16.5. The molecule has 2 amide bonds. The summed E-state index contributed by atoms with van der Waals surface area (Å²) in [6, 6.07) is 15.0. The van der Waals surface area contributed by atoms with Gasteiger partial charge in [-0.05, 0) is 47.9 Å². The molecule has 0 atom stereocenters. The Morgan fingerprint density at radius 3 is 2.50 bits per heavy atom. The number of carbonyl (C=O) groups excluding carboxylic acids is 1. The van der Waals surface area contributed by atoms with Crippen LogP contribution in [0.4, 0.5) is 10.5 Å². The fourth-order valence-corrected chi connectivity index (χ4v) is 2.47. The highest BCUT2D eigenvalue weighted by Crippen LogP contribution is 2.21. The number of ether oxygens (including phenoxy) is 1. The molecule has 0 bridgehead atoms. The third-order valence-electron chi connectivity index (χ3n) is 3.83. The molecule has 0 unspecified atom stereocenters. The lowest BCUT2D eigenvalue weighted by Gasteiger charge is -2.09. The molecule has 2 heterocycles. The van der Waals surface area contributed by atoms with E-state index in [0.717, 1.165) is 28.1 Å². The standard InChI is InChI=1S/C20H20N4O2/c1-14-11-17(9-10-21-14)16-4-6-18(7-5-16)24-20(25)23-13-15-3-8-19(26-2)22-12-15/h3-12H,13H2,1-2H3,(H2,23,24,25). The molecule has 0 aliphatic rings. The Bertz CT molecular complexity index is 877. The molecule has 0 spiro atoms. The first kappa shape index (κ1) is 17.4. The fourth-order valence-electron chi connectivity index (χ4n) is 2.47. The molecule has 132 valence electrons. The first-order chi connectivity index (χ1) is 12.6. The van der Waals surface area contributed by atoms with Gasteiger partial charge in [0.15, 0.2) is 0 Å². The van der Waals surface area contributed by atoms with E-state index in [2.05, 4.69) is 20.6 Å². The van der Waals surface area contributed by atoms with Crippen LogP contribution in [0.25, 0.3) is 11.1 Å². The molecule has 0 aliphatic carbocycles. The number of carbonyl (C=O) groups is 1. The molecule has 26 heavy (non-hydrogen) atoms. The number of methoxy groups -OCH3 is 1. The number of aromatic nitrogens is 2. The second kappa shape index (κ2) is 8.11. The van der Waals surface area contributed by atoms with Gasteiger partial charge in [0.25, 0.3) is 0 Å². The van der Waals surface area contributed by atoms with Gasteiger partial charge in [-0.15, -0.1) is 0 Å². The lowest BCUT2D eigenvalue weighted by atomic mass is 10.1. The average Bonchev–Trinajstić information content (AvgIpc) is 2.67. The molecule has 3 rings (SSSR count). The summed E-state index contributed by atoms with van der Waals surface area (Å²) in [5, 5.41) is 5.62. The van der Waals surface area contributed by atoms with Gasteiger partial charge in [-0.3, -0.25) is 4.98 Å². The predicted octanol–water partition coefficient (Wildman–Crippen LogP) is 3.78. The first-order valence-corrected chi connectivity index (χ1v) is 8.21. The summed E-state index contributed by atoms with van der Waals surface area (Å²) >= 11 is 0. The molecule has 2 aromatic heterocycles. The number of aryl methyl sites for hydroxylation is 1. The quantitative estimate of drug-likeness (QED) is 0.736. The molecule has 3 aromatic rings. The molecular formula is C20H20N4O2. The van der Waals surface area contributed by atoms with Crippen LogP contribution in [-0.2, 0) is 6.54 Å². The van der Waals surface area contributed by atoms with Gasteiger partial charge in [-0.1, -0.05) is 18.2 Å². The summed E-state index contributed by atoms with van der Waals surface area (Å²) < 4.78 is 5.01. The third-order valence-corrected chi connectivity index (χ3v) is 3.83. The van der Waals surface area contributed by atoms with Crippen molar-refractivity contribution in [2.75, 3.05) is 12.4 Å². The Labute approximate surface area is 152 Å². The topological polar surface area (TPSA) is 76.1 Å². The van der Waals surface area contributed by atoms with E-state index in [9.17, 15) is 4.79 Å². The smallest absolute Gasteiger partial charge is 0.319 e. The van der Waals surface area contributed by atoms with Crippen LogP contribution in [0, 0.1) is 6.92 Å². The molecular weight excluding hydrogens is 328 g/mol. The second-order valence-electron chi connectivity index (χ2n) is 5.78. The van der Waals surface area contributed by atoms with Gasteiger partial charge in [0.05, 0.1) is 7.11 Å². The van der Waals surface area contributed by atoms with Gasteiger partial charge in [0.2, 0.25) is 5.88 Å². The normalized spacial score (nSPS) is 10.2. The number of amides is 2. The molecule has 0 aliphatic heterocycles. The largest absolute Gasteiger partial charge is 0.481 e. The number of rotatable bonds is 5. The van der Waals surface area contributed by atoms with Crippen molar-refractivity contribution in [1.82, 2.24) is 15.3 Å². The zero-order chi connectivity index (χ0) is 18.4. The van der Waals surface area contributed by atoms with Gasteiger partial charge in [0, 0.05) is 36.4 Å². The maximum Gasteiger partial charge on any atom is 0.319 e. The van der Waals surface area contributed by atoms with Crippen LogP contribution in [-0.4, -0.2) is 23.1 Å². The van der Waals surface area contributed by atoms with Crippen LogP contribution in [0.3, 0.4) is 0 Å². The van der Waals surface area contributed by atoms with Crippen LogP contribution < -0.4 is 15.4 Å². The van der Waals surface area contributed by atoms with Crippen LogP contribution in [0.15, 0.2) is 60.9 Å². The minimum Gasteiger partial charge on any atom is -0.481 e. The molecule has 1 aromatic carbocycles. The first-order valence-electron chi connectivity index (χ1n) is 8.21. The highest BCUT2D eigenvalue weighted by molar-refractivity contribution is 5.89. The van der Waals surface area contributed by atoms with Crippen molar-refractivity contribution in [2.45, 2.75) is 13.5 Å². The number of benzene rings is 1. The Morgan fingerprint density at radius 1 is 1.04 bits per heavy atom. The zero-order valence-electron chi connectivity index (χ0n) is 14.7. The minimum absolute atomic E-state index is 0.270. The van der Waals surface area contributed by atoms with Crippen LogP contribution in [0.5, 0.6) is 5.88 Å². The van der Waals surface area contributed by atoms with Gasteiger partial charge >= 0.3 is 6.03 Å². The highest BCUT2D eigenvalue weighted by Gasteiger charge is 2.04. The molecule has 0 saturated carbocycles. The number of anilines is 1. The maximum atomic E-state index is 12.0. The van der Waals surface area contributed by atoms with Crippen LogP contribution in [0.2, 0.25) is 0 Å². The van der Waals surface area contributed by atoms with E-state index in [1.165, 1.54) is 0 Å². The monoisotopic (exact) mass is 348 g/mol. The van der Waals surface area contributed by atoms with Crippen LogP contribution in [0.1, 0.15) is 11.3 Å². The SMILES string of the molecule is COc1ccc(CNC(=O)Nc2ccc(-c3ccnc(C)c3)cc2)cn1. The van der Waals surface area contributed by atoms with Crippen molar-refractivity contribution in [1.29, 1.82) is 0 Å². The van der Waals surface area contributed by atoms with Crippen molar-refractivity contribution in [3.8, 4) is 17.0 Å². The molecule has 6 nitrogen and oxygen atoms in total. The van der Waals surface area contributed by atoms with E-state index in [-0.39, 0.29) is 6.03 Å². The van der Waals surface area contributed by atoms with Crippen molar-refractivity contribution < 1.29 is 9.53 Å². The Hall–Kier alpha value is -3.41. The summed E-state index contributed by atoms with van der Waals surface area (Å²) in [6.07, 6.45) is 3.46. The van der Waals surface area contributed by atoms with E-state index in [1.807, 2.05) is 49.4 Å². The number of hydrogen-bond donors (Lipinski definition) is 2. The summed E-state index contributed by atoms with van der Waals surface area (Å²) in [7, 11) is 1.56. The van der Waals surface area contributed by atoms with Gasteiger partial charge in [0.1, 0.15) is 0 Å².